The quantitative estimate of drug-likeness (QED) is 0.928. The van der Waals surface area contributed by atoms with E-state index in [0.717, 1.165) is 0 Å². The van der Waals surface area contributed by atoms with Crippen LogP contribution < -0.4 is 15.0 Å². The van der Waals surface area contributed by atoms with Crippen molar-refractivity contribution in [2.75, 3.05) is 23.9 Å². The third-order valence-electron chi connectivity index (χ3n) is 3.94. The second kappa shape index (κ2) is 6.12. The fourth-order valence-corrected chi connectivity index (χ4v) is 2.61. The van der Waals surface area contributed by atoms with Crippen molar-refractivity contribution >= 4 is 23.2 Å². The maximum Gasteiger partial charge on any atom is 0.258 e. The molecule has 0 aromatic heterocycles. The molecule has 2 amide bonds. The largest absolute Gasteiger partial charge is 0.497 e. The van der Waals surface area contributed by atoms with Crippen LogP contribution in [0.25, 0.3) is 0 Å². The number of methoxy groups -OCH3 is 1. The Morgan fingerprint density at radius 1 is 1.17 bits per heavy atom. The van der Waals surface area contributed by atoms with Gasteiger partial charge in [-0.25, -0.2) is 0 Å². The molecule has 1 aliphatic heterocycles. The van der Waals surface area contributed by atoms with E-state index in [1.54, 1.807) is 42.3 Å². The summed E-state index contributed by atoms with van der Waals surface area (Å²) in [6.45, 7) is 2.16. The molecule has 1 atom stereocenters. The van der Waals surface area contributed by atoms with Gasteiger partial charge in [0.1, 0.15) is 5.75 Å². The van der Waals surface area contributed by atoms with Crippen molar-refractivity contribution in [3.8, 4) is 5.75 Å². The zero-order valence-electron chi connectivity index (χ0n) is 13.1. The van der Waals surface area contributed by atoms with Gasteiger partial charge < -0.3 is 15.0 Å². The lowest BCUT2D eigenvalue weighted by Gasteiger charge is -2.23. The Labute approximate surface area is 134 Å². The molecule has 1 unspecified atom stereocenters. The van der Waals surface area contributed by atoms with E-state index in [2.05, 4.69) is 5.32 Å². The van der Waals surface area contributed by atoms with Gasteiger partial charge in [0.25, 0.3) is 5.91 Å². The van der Waals surface area contributed by atoms with E-state index < -0.39 is 0 Å². The first-order valence-corrected chi connectivity index (χ1v) is 7.46. The van der Waals surface area contributed by atoms with Gasteiger partial charge in [-0.05, 0) is 36.4 Å². The lowest BCUT2D eigenvalue weighted by molar-refractivity contribution is -0.119. The van der Waals surface area contributed by atoms with Crippen LogP contribution in [0.5, 0.6) is 5.75 Å². The van der Waals surface area contributed by atoms with Crippen molar-refractivity contribution in [2.24, 2.45) is 5.92 Å². The SMILES string of the molecule is COc1ccc(C(=O)N2CC(C)C(=O)Nc3ccccc32)cc1. The van der Waals surface area contributed by atoms with Gasteiger partial charge in [0.05, 0.1) is 24.4 Å². The minimum atomic E-state index is -0.287. The van der Waals surface area contributed by atoms with Crippen LogP contribution in [0.3, 0.4) is 0 Å². The average Bonchev–Trinajstić information content (AvgIpc) is 2.71. The fraction of sp³-hybridized carbons (Fsp3) is 0.222. The second-order valence-corrected chi connectivity index (χ2v) is 5.55. The standard InChI is InChI=1S/C18H18N2O3/c1-12-11-20(16-6-4-3-5-15(16)19-17(12)21)18(22)13-7-9-14(23-2)10-8-13/h3-10,12H,11H2,1-2H3,(H,19,21). The number of hydrogen-bond acceptors (Lipinski definition) is 3. The molecule has 118 valence electrons. The summed E-state index contributed by atoms with van der Waals surface area (Å²) >= 11 is 0. The van der Waals surface area contributed by atoms with Crippen LogP contribution in [-0.4, -0.2) is 25.5 Å². The second-order valence-electron chi connectivity index (χ2n) is 5.55. The molecule has 2 aromatic rings. The van der Waals surface area contributed by atoms with Crippen LogP contribution in [0.15, 0.2) is 48.5 Å². The lowest BCUT2D eigenvalue weighted by atomic mass is 10.1. The van der Waals surface area contributed by atoms with E-state index in [9.17, 15) is 9.59 Å². The fourth-order valence-electron chi connectivity index (χ4n) is 2.61. The zero-order chi connectivity index (χ0) is 16.4. The molecular formula is C18H18N2O3. The van der Waals surface area contributed by atoms with E-state index in [-0.39, 0.29) is 17.7 Å². The molecule has 3 rings (SSSR count). The minimum Gasteiger partial charge on any atom is -0.497 e. The Bertz CT molecular complexity index is 740. The number of carbonyl (C=O) groups excluding carboxylic acids is 2. The van der Waals surface area contributed by atoms with Gasteiger partial charge in [0.2, 0.25) is 5.91 Å². The molecular weight excluding hydrogens is 292 g/mol. The van der Waals surface area contributed by atoms with Gasteiger partial charge >= 0.3 is 0 Å². The maximum atomic E-state index is 12.9. The number of amides is 2. The number of fused-ring (bicyclic) bond motifs is 1. The van der Waals surface area contributed by atoms with E-state index in [1.807, 2.05) is 25.1 Å². The van der Waals surface area contributed by atoms with Gasteiger partial charge in [-0.2, -0.15) is 0 Å². The number of para-hydroxylation sites is 2. The third kappa shape index (κ3) is 2.90. The topological polar surface area (TPSA) is 58.6 Å². The van der Waals surface area contributed by atoms with E-state index >= 15 is 0 Å². The summed E-state index contributed by atoms with van der Waals surface area (Å²) in [4.78, 5) is 26.7. The molecule has 0 saturated carbocycles. The highest BCUT2D eigenvalue weighted by Gasteiger charge is 2.29. The van der Waals surface area contributed by atoms with E-state index in [4.69, 9.17) is 4.74 Å². The highest BCUT2D eigenvalue weighted by Crippen LogP contribution is 2.31. The number of rotatable bonds is 2. The summed E-state index contributed by atoms with van der Waals surface area (Å²) in [5.41, 5.74) is 1.93. The molecule has 1 heterocycles. The molecule has 2 aromatic carbocycles. The highest BCUT2D eigenvalue weighted by molar-refractivity contribution is 6.10. The van der Waals surface area contributed by atoms with E-state index in [0.29, 0.717) is 29.2 Å². The number of carbonyl (C=O) groups is 2. The first-order chi connectivity index (χ1) is 11.1. The number of hydrogen-bond donors (Lipinski definition) is 1. The van der Waals surface area contributed by atoms with Crippen molar-refractivity contribution in [1.82, 2.24) is 0 Å². The Morgan fingerprint density at radius 2 is 1.87 bits per heavy atom. The van der Waals surface area contributed by atoms with Crippen LogP contribution in [0.4, 0.5) is 11.4 Å². The molecule has 1 N–H and O–H groups in total. The highest BCUT2D eigenvalue weighted by atomic mass is 16.5. The zero-order valence-corrected chi connectivity index (χ0v) is 13.1. The summed E-state index contributed by atoms with van der Waals surface area (Å²) < 4.78 is 5.12. The molecule has 5 heteroatoms. The average molecular weight is 310 g/mol. The summed E-state index contributed by atoms with van der Waals surface area (Å²) in [7, 11) is 1.58. The van der Waals surface area contributed by atoms with Gasteiger partial charge in [-0.3, -0.25) is 9.59 Å². The van der Waals surface area contributed by atoms with Gasteiger partial charge in [-0.1, -0.05) is 19.1 Å². The summed E-state index contributed by atoms with van der Waals surface area (Å²) in [6.07, 6.45) is 0. The molecule has 0 bridgehead atoms. The summed E-state index contributed by atoms with van der Waals surface area (Å²) in [5, 5.41) is 2.87. The number of nitrogens with zero attached hydrogens (tertiary/aromatic N) is 1. The molecule has 5 nitrogen and oxygen atoms in total. The monoisotopic (exact) mass is 310 g/mol. The van der Waals surface area contributed by atoms with Crippen molar-refractivity contribution in [2.45, 2.75) is 6.92 Å². The molecule has 1 aliphatic rings. The number of benzene rings is 2. The predicted octanol–water partition coefficient (Wildman–Crippen LogP) is 2.93. The van der Waals surface area contributed by atoms with Crippen LogP contribution >= 0.6 is 0 Å². The van der Waals surface area contributed by atoms with Gasteiger partial charge in [-0.15, -0.1) is 0 Å². The lowest BCUT2D eigenvalue weighted by Crippen LogP contribution is -2.35. The molecule has 0 spiro atoms. The number of nitrogens with one attached hydrogen (secondary N) is 1. The van der Waals surface area contributed by atoms with E-state index in [1.165, 1.54) is 0 Å². The number of ether oxygens (including phenoxy) is 1. The Balaban J connectivity index is 1.99. The van der Waals surface area contributed by atoms with Crippen molar-refractivity contribution in [3.05, 3.63) is 54.1 Å². The maximum absolute atomic E-state index is 12.9. The molecule has 0 aliphatic carbocycles. The van der Waals surface area contributed by atoms with Crippen LogP contribution in [0, 0.1) is 5.92 Å². The first-order valence-electron chi connectivity index (χ1n) is 7.46. The molecule has 0 radical (unpaired) electrons. The molecule has 0 fully saturated rings. The molecule has 23 heavy (non-hydrogen) atoms. The Hall–Kier alpha value is -2.82. The normalized spacial score (nSPS) is 17.0. The van der Waals surface area contributed by atoms with Crippen LogP contribution in [0.1, 0.15) is 17.3 Å². The Morgan fingerprint density at radius 3 is 2.57 bits per heavy atom. The smallest absolute Gasteiger partial charge is 0.258 e. The van der Waals surface area contributed by atoms with Crippen molar-refractivity contribution in [1.29, 1.82) is 0 Å². The van der Waals surface area contributed by atoms with Crippen molar-refractivity contribution in [3.63, 3.8) is 0 Å². The first kappa shape index (κ1) is 15.1. The van der Waals surface area contributed by atoms with Gasteiger partial charge in [0, 0.05) is 12.1 Å². The number of anilines is 2. The minimum absolute atomic E-state index is 0.0810. The summed E-state index contributed by atoms with van der Waals surface area (Å²) in [5.74, 6) is 0.193. The molecule has 0 saturated heterocycles. The summed E-state index contributed by atoms with van der Waals surface area (Å²) in [6, 6.07) is 14.3. The third-order valence-corrected chi connectivity index (χ3v) is 3.94. The predicted molar refractivity (Wildman–Crippen MR) is 88.9 cm³/mol. The van der Waals surface area contributed by atoms with Crippen LogP contribution in [-0.2, 0) is 4.79 Å². The Kier molecular flexibility index (Phi) is 4.02. The van der Waals surface area contributed by atoms with Crippen molar-refractivity contribution < 1.29 is 14.3 Å². The van der Waals surface area contributed by atoms with Gasteiger partial charge in [0.15, 0.2) is 0 Å². The van der Waals surface area contributed by atoms with Crippen LogP contribution in [0.2, 0.25) is 0 Å².